The van der Waals surface area contributed by atoms with Crippen LogP contribution >= 0.6 is 11.6 Å². The molecule has 0 aliphatic heterocycles. The van der Waals surface area contributed by atoms with Crippen molar-refractivity contribution in [3.05, 3.63) is 35.4 Å². The minimum absolute atomic E-state index is 0.630. The first-order valence-corrected chi connectivity index (χ1v) is 6.76. The largest absolute Gasteiger partial charge is 0.126 e. The Labute approximate surface area is 105 Å². The molecule has 0 amide bonds. The molecule has 0 aliphatic rings. The summed E-state index contributed by atoms with van der Waals surface area (Å²) in [5, 5.41) is 0. The molecule has 0 saturated carbocycles. The molecule has 0 heterocycles. The quantitative estimate of drug-likeness (QED) is 0.623. The Balaban J connectivity index is 2.49. The molecule has 0 spiro atoms. The van der Waals surface area contributed by atoms with Gasteiger partial charge in [0.2, 0.25) is 0 Å². The van der Waals surface area contributed by atoms with Crippen molar-refractivity contribution in [3.8, 4) is 0 Å². The zero-order valence-corrected chi connectivity index (χ0v) is 11.4. The van der Waals surface area contributed by atoms with Gasteiger partial charge in [-0.2, -0.15) is 0 Å². The van der Waals surface area contributed by atoms with E-state index in [1.54, 1.807) is 0 Å². The molecule has 0 N–H and O–H groups in total. The maximum absolute atomic E-state index is 6.04. The van der Waals surface area contributed by atoms with E-state index in [9.17, 15) is 0 Å². The summed E-state index contributed by atoms with van der Waals surface area (Å²) in [6.45, 7) is 6.70. The van der Waals surface area contributed by atoms with Crippen molar-refractivity contribution < 1.29 is 0 Å². The van der Waals surface area contributed by atoms with Gasteiger partial charge in [0.1, 0.15) is 0 Å². The first-order chi connectivity index (χ1) is 7.61. The van der Waals surface area contributed by atoms with Gasteiger partial charge in [0, 0.05) is 5.88 Å². The van der Waals surface area contributed by atoms with E-state index in [2.05, 4.69) is 45.0 Å². The lowest BCUT2D eigenvalue weighted by molar-refractivity contribution is 0.452. The van der Waals surface area contributed by atoms with Crippen LogP contribution < -0.4 is 0 Å². The molecule has 0 saturated heterocycles. The van der Waals surface area contributed by atoms with Gasteiger partial charge in [-0.25, -0.2) is 0 Å². The number of halogens is 1. The second-order valence-electron chi connectivity index (χ2n) is 5.18. The number of rotatable bonds is 6. The molecule has 1 heteroatoms. The summed E-state index contributed by atoms with van der Waals surface area (Å²) in [7, 11) is 0. The second kappa shape index (κ2) is 6.96. The molecule has 0 fully saturated rings. The molecular weight excluding hydrogens is 216 g/mol. The van der Waals surface area contributed by atoms with Crippen LogP contribution in [0.4, 0.5) is 0 Å². The van der Waals surface area contributed by atoms with Crippen LogP contribution in [0.2, 0.25) is 0 Å². The van der Waals surface area contributed by atoms with Crippen LogP contribution in [0.3, 0.4) is 0 Å². The highest BCUT2D eigenvalue weighted by Gasteiger charge is 2.09. The van der Waals surface area contributed by atoms with Crippen molar-refractivity contribution in [2.45, 2.75) is 40.0 Å². The first kappa shape index (κ1) is 13.6. The normalized spacial score (nSPS) is 13.1. The summed E-state index contributed by atoms with van der Waals surface area (Å²) in [6.07, 6.45) is 3.65. The smallest absolute Gasteiger partial charge is 0.0254 e. The number of hydrogen-bond donors (Lipinski definition) is 0. The predicted molar refractivity (Wildman–Crippen MR) is 73.2 cm³/mol. The summed E-state index contributed by atoms with van der Waals surface area (Å²) >= 11 is 6.04. The zero-order chi connectivity index (χ0) is 12.0. The fraction of sp³-hybridized carbons (Fsp3) is 0.600. The molecule has 1 unspecified atom stereocenters. The van der Waals surface area contributed by atoms with Crippen LogP contribution in [-0.4, -0.2) is 5.88 Å². The Morgan fingerprint density at radius 2 is 1.94 bits per heavy atom. The van der Waals surface area contributed by atoms with E-state index < -0.39 is 0 Å². The van der Waals surface area contributed by atoms with E-state index in [1.165, 1.54) is 24.0 Å². The van der Waals surface area contributed by atoms with Gasteiger partial charge >= 0.3 is 0 Å². The fourth-order valence-corrected chi connectivity index (χ4v) is 2.24. The molecule has 90 valence electrons. The Morgan fingerprint density at radius 3 is 2.50 bits per heavy atom. The molecule has 0 radical (unpaired) electrons. The van der Waals surface area contributed by atoms with Crippen molar-refractivity contribution in [1.29, 1.82) is 0 Å². The SMILES string of the molecule is Cc1cccc(CC(CCl)CCC(C)C)c1. The number of aryl methyl sites for hydroxylation is 1. The molecular formula is C15H23Cl. The molecule has 0 aliphatic carbocycles. The van der Waals surface area contributed by atoms with E-state index in [-0.39, 0.29) is 0 Å². The van der Waals surface area contributed by atoms with Gasteiger partial charge in [0.15, 0.2) is 0 Å². The molecule has 1 atom stereocenters. The van der Waals surface area contributed by atoms with Gasteiger partial charge < -0.3 is 0 Å². The Kier molecular flexibility index (Phi) is 5.90. The molecule has 1 aromatic rings. The third-order valence-electron chi connectivity index (χ3n) is 2.98. The average Bonchev–Trinajstić information content (AvgIpc) is 2.24. The van der Waals surface area contributed by atoms with E-state index in [4.69, 9.17) is 11.6 Å². The van der Waals surface area contributed by atoms with Gasteiger partial charge in [-0.15, -0.1) is 11.6 Å². The van der Waals surface area contributed by atoms with Crippen LogP contribution in [-0.2, 0) is 6.42 Å². The maximum Gasteiger partial charge on any atom is 0.0254 e. The summed E-state index contributed by atoms with van der Waals surface area (Å²) in [4.78, 5) is 0. The number of hydrogen-bond acceptors (Lipinski definition) is 0. The highest BCUT2D eigenvalue weighted by molar-refractivity contribution is 6.18. The Bertz CT molecular complexity index is 304. The van der Waals surface area contributed by atoms with Gasteiger partial charge in [0.25, 0.3) is 0 Å². The lowest BCUT2D eigenvalue weighted by atomic mass is 9.93. The second-order valence-corrected chi connectivity index (χ2v) is 5.49. The monoisotopic (exact) mass is 238 g/mol. The number of benzene rings is 1. The standard InChI is InChI=1S/C15H23Cl/c1-12(2)7-8-15(11-16)10-14-6-4-5-13(3)9-14/h4-6,9,12,15H,7-8,10-11H2,1-3H3. The van der Waals surface area contributed by atoms with Crippen LogP contribution in [0.15, 0.2) is 24.3 Å². The highest BCUT2D eigenvalue weighted by atomic mass is 35.5. The fourth-order valence-electron chi connectivity index (χ4n) is 1.98. The van der Waals surface area contributed by atoms with Gasteiger partial charge in [-0.3, -0.25) is 0 Å². The third-order valence-corrected chi connectivity index (χ3v) is 3.41. The molecule has 0 bridgehead atoms. The minimum atomic E-state index is 0.630. The highest BCUT2D eigenvalue weighted by Crippen LogP contribution is 2.19. The summed E-state index contributed by atoms with van der Waals surface area (Å²) < 4.78 is 0. The molecule has 0 aromatic heterocycles. The van der Waals surface area contributed by atoms with Crippen molar-refractivity contribution in [2.75, 3.05) is 5.88 Å². The average molecular weight is 239 g/mol. The van der Waals surface area contributed by atoms with Crippen molar-refractivity contribution in [1.82, 2.24) is 0 Å². The van der Waals surface area contributed by atoms with Gasteiger partial charge in [-0.05, 0) is 37.2 Å². The molecule has 1 aromatic carbocycles. The van der Waals surface area contributed by atoms with Crippen LogP contribution in [0, 0.1) is 18.8 Å². The lowest BCUT2D eigenvalue weighted by Crippen LogP contribution is -2.08. The van der Waals surface area contributed by atoms with Crippen LogP contribution in [0.1, 0.15) is 37.8 Å². The maximum atomic E-state index is 6.04. The third kappa shape index (κ3) is 5.03. The summed E-state index contributed by atoms with van der Waals surface area (Å²) in [5.41, 5.74) is 2.77. The van der Waals surface area contributed by atoms with Crippen molar-refractivity contribution in [3.63, 3.8) is 0 Å². The van der Waals surface area contributed by atoms with E-state index in [0.717, 1.165) is 18.2 Å². The van der Waals surface area contributed by atoms with Gasteiger partial charge in [0.05, 0.1) is 0 Å². The molecule has 1 rings (SSSR count). The summed E-state index contributed by atoms with van der Waals surface area (Å²) in [5.74, 6) is 2.19. The topological polar surface area (TPSA) is 0 Å². The Hall–Kier alpha value is -0.490. The Morgan fingerprint density at radius 1 is 1.19 bits per heavy atom. The molecule has 16 heavy (non-hydrogen) atoms. The number of alkyl halides is 1. The first-order valence-electron chi connectivity index (χ1n) is 6.23. The van der Waals surface area contributed by atoms with Crippen LogP contribution in [0.5, 0.6) is 0 Å². The van der Waals surface area contributed by atoms with Gasteiger partial charge in [-0.1, -0.05) is 50.1 Å². The van der Waals surface area contributed by atoms with Crippen molar-refractivity contribution in [2.24, 2.45) is 11.8 Å². The van der Waals surface area contributed by atoms with Crippen molar-refractivity contribution >= 4 is 11.6 Å². The zero-order valence-electron chi connectivity index (χ0n) is 10.7. The van der Waals surface area contributed by atoms with E-state index in [0.29, 0.717) is 5.92 Å². The molecule has 0 nitrogen and oxygen atoms in total. The minimum Gasteiger partial charge on any atom is -0.126 e. The van der Waals surface area contributed by atoms with E-state index >= 15 is 0 Å². The predicted octanol–water partition coefficient (Wildman–Crippen LogP) is 4.83. The summed E-state index contributed by atoms with van der Waals surface area (Å²) in [6, 6.07) is 8.77. The lowest BCUT2D eigenvalue weighted by Gasteiger charge is -2.15. The van der Waals surface area contributed by atoms with E-state index in [1.807, 2.05) is 0 Å². The van der Waals surface area contributed by atoms with Crippen LogP contribution in [0.25, 0.3) is 0 Å².